The van der Waals surface area contributed by atoms with Gasteiger partial charge in [0.1, 0.15) is 31.3 Å². The highest BCUT2D eigenvalue weighted by atomic mass is 16.2. The number of nitrogens with zero attached hydrogens (tertiary/aromatic N) is 11. The van der Waals surface area contributed by atoms with Crippen molar-refractivity contribution in [3.05, 3.63) is 52.2 Å². The van der Waals surface area contributed by atoms with E-state index in [4.69, 9.17) is 0 Å². The predicted octanol–water partition coefficient (Wildman–Crippen LogP) is -1.85. The lowest BCUT2D eigenvalue weighted by atomic mass is 10.3. The molecular weight excluding hydrogens is 430 g/mol. The highest BCUT2D eigenvalue weighted by Gasteiger charge is 2.24. The SMILES string of the molecule is Cn1c(=O)c2c(ncn2CC(=O)N2CCN(c3cc(-n4cncn4)ncn3)CC2)n(C)c1=O. The highest BCUT2D eigenvalue weighted by molar-refractivity contribution is 5.79. The lowest BCUT2D eigenvalue weighted by Crippen LogP contribution is -2.50. The van der Waals surface area contributed by atoms with Crippen LogP contribution in [0.3, 0.4) is 0 Å². The fourth-order valence-electron chi connectivity index (χ4n) is 3.91. The molecule has 170 valence electrons. The number of fused-ring (bicyclic) bond motifs is 1. The van der Waals surface area contributed by atoms with Crippen LogP contribution in [0.4, 0.5) is 5.82 Å². The summed E-state index contributed by atoms with van der Waals surface area (Å²) in [5.41, 5.74) is -0.451. The molecule has 1 saturated heterocycles. The zero-order chi connectivity index (χ0) is 23.1. The Morgan fingerprint density at radius 3 is 2.42 bits per heavy atom. The molecule has 14 nitrogen and oxygen atoms in total. The van der Waals surface area contributed by atoms with Gasteiger partial charge in [-0.2, -0.15) is 5.10 Å². The fourth-order valence-corrected chi connectivity index (χ4v) is 3.91. The summed E-state index contributed by atoms with van der Waals surface area (Å²) < 4.78 is 5.37. The zero-order valence-electron chi connectivity index (χ0n) is 18.1. The minimum absolute atomic E-state index is 0.0338. The third-order valence-electron chi connectivity index (χ3n) is 5.77. The van der Waals surface area contributed by atoms with Gasteiger partial charge in [-0.05, 0) is 0 Å². The molecule has 1 fully saturated rings. The molecule has 0 N–H and O–H groups in total. The Morgan fingerprint density at radius 2 is 1.70 bits per heavy atom. The van der Waals surface area contributed by atoms with Crippen LogP contribution in [0.1, 0.15) is 0 Å². The van der Waals surface area contributed by atoms with Gasteiger partial charge in [0, 0.05) is 46.3 Å². The molecule has 1 amide bonds. The summed E-state index contributed by atoms with van der Waals surface area (Å²) in [6.07, 6.45) is 5.90. The normalized spacial score (nSPS) is 14.2. The van der Waals surface area contributed by atoms with Crippen LogP contribution in [-0.2, 0) is 25.4 Å². The maximum absolute atomic E-state index is 12.9. The zero-order valence-corrected chi connectivity index (χ0v) is 18.1. The maximum atomic E-state index is 12.9. The summed E-state index contributed by atoms with van der Waals surface area (Å²) in [6, 6.07) is 1.82. The second kappa shape index (κ2) is 7.96. The third-order valence-corrected chi connectivity index (χ3v) is 5.77. The Hall–Kier alpha value is -4.36. The largest absolute Gasteiger partial charge is 0.353 e. The van der Waals surface area contributed by atoms with Crippen molar-refractivity contribution >= 4 is 22.9 Å². The number of anilines is 1. The smallest absolute Gasteiger partial charge is 0.332 e. The van der Waals surface area contributed by atoms with Crippen LogP contribution in [0.2, 0.25) is 0 Å². The van der Waals surface area contributed by atoms with Crippen LogP contribution in [0.5, 0.6) is 0 Å². The molecule has 0 aliphatic carbocycles. The van der Waals surface area contributed by atoms with Gasteiger partial charge < -0.3 is 14.4 Å². The molecule has 0 saturated carbocycles. The van der Waals surface area contributed by atoms with Gasteiger partial charge in [0.25, 0.3) is 5.56 Å². The van der Waals surface area contributed by atoms with Crippen molar-refractivity contribution in [1.29, 1.82) is 0 Å². The topological polar surface area (TPSA) is 142 Å². The maximum Gasteiger partial charge on any atom is 0.332 e. The Balaban J connectivity index is 1.29. The summed E-state index contributed by atoms with van der Waals surface area (Å²) >= 11 is 0. The Morgan fingerprint density at radius 1 is 0.939 bits per heavy atom. The molecule has 5 rings (SSSR count). The number of hydrogen-bond acceptors (Lipinski definition) is 9. The van der Waals surface area contributed by atoms with Gasteiger partial charge in [0.2, 0.25) is 5.91 Å². The van der Waals surface area contributed by atoms with Crippen molar-refractivity contribution in [1.82, 2.24) is 48.3 Å². The number of carbonyl (C=O) groups excluding carboxylic acids is 1. The van der Waals surface area contributed by atoms with Gasteiger partial charge >= 0.3 is 5.69 Å². The quantitative estimate of drug-likeness (QED) is 0.350. The van der Waals surface area contributed by atoms with E-state index in [2.05, 4.69) is 29.9 Å². The van der Waals surface area contributed by atoms with Crippen molar-refractivity contribution in [2.24, 2.45) is 14.1 Å². The first-order valence-corrected chi connectivity index (χ1v) is 10.2. The van der Waals surface area contributed by atoms with E-state index in [-0.39, 0.29) is 23.6 Å². The van der Waals surface area contributed by atoms with Crippen molar-refractivity contribution < 1.29 is 4.79 Å². The molecule has 33 heavy (non-hydrogen) atoms. The summed E-state index contributed by atoms with van der Waals surface area (Å²) in [4.78, 5) is 58.1. The molecule has 0 bridgehead atoms. The summed E-state index contributed by atoms with van der Waals surface area (Å²) in [6.45, 7) is 2.17. The molecule has 0 unspecified atom stereocenters. The molecule has 4 aromatic rings. The molecule has 0 aromatic carbocycles. The second-order valence-electron chi connectivity index (χ2n) is 7.69. The van der Waals surface area contributed by atoms with E-state index in [1.807, 2.05) is 6.07 Å². The molecule has 0 spiro atoms. The van der Waals surface area contributed by atoms with Gasteiger partial charge in [0.05, 0.1) is 6.33 Å². The van der Waals surface area contributed by atoms with Crippen LogP contribution in [0.25, 0.3) is 17.0 Å². The molecule has 5 heterocycles. The fraction of sp³-hybridized carbons (Fsp3) is 0.368. The first-order chi connectivity index (χ1) is 15.9. The van der Waals surface area contributed by atoms with Crippen molar-refractivity contribution in [3.8, 4) is 5.82 Å². The molecule has 0 atom stereocenters. The monoisotopic (exact) mass is 451 g/mol. The van der Waals surface area contributed by atoms with Crippen LogP contribution in [0, 0.1) is 0 Å². The Bertz CT molecular complexity index is 1440. The van der Waals surface area contributed by atoms with Gasteiger partial charge in [-0.3, -0.25) is 18.7 Å². The van der Waals surface area contributed by atoms with E-state index >= 15 is 0 Å². The van der Waals surface area contributed by atoms with Gasteiger partial charge in [-0.15, -0.1) is 0 Å². The minimum Gasteiger partial charge on any atom is -0.353 e. The predicted molar refractivity (Wildman–Crippen MR) is 116 cm³/mol. The summed E-state index contributed by atoms with van der Waals surface area (Å²) in [7, 11) is 2.95. The Labute approximate surface area is 186 Å². The third kappa shape index (κ3) is 3.54. The number of aryl methyl sites for hydroxylation is 1. The summed E-state index contributed by atoms with van der Waals surface area (Å²) in [5.74, 6) is 1.22. The standard InChI is InChI=1S/C19H21N11O3/c1-25-17-16(18(32)26(2)19(25)33)29(12-23-17)8-15(31)28-5-3-27(4-6-28)13-7-14(22-10-21-13)30-11-20-9-24-30/h7,9-12H,3-6,8H2,1-2H3. The van der Waals surface area contributed by atoms with Crippen molar-refractivity contribution in [2.45, 2.75) is 6.54 Å². The number of amides is 1. The van der Waals surface area contributed by atoms with Crippen LogP contribution in [0.15, 0.2) is 41.0 Å². The molecule has 4 aromatic heterocycles. The minimum atomic E-state index is -0.477. The first kappa shape index (κ1) is 20.5. The second-order valence-corrected chi connectivity index (χ2v) is 7.69. The van der Waals surface area contributed by atoms with Crippen LogP contribution in [-0.4, -0.2) is 80.4 Å². The molecular formula is C19H21N11O3. The number of carbonyl (C=O) groups is 1. The van der Waals surface area contributed by atoms with Gasteiger partial charge in [-0.25, -0.2) is 29.4 Å². The molecule has 14 heteroatoms. The van der Waals surface area contributed by atoms with Crippen LogP contribution < -0.4 is 16.1 Å². The highest BCUT2D eigenvalue weighted by Crippen LogP contribution is 2.16. The first-order valence-electron chi connectivity index (χ1n) is 10.2. The number of rotatable bonds is 4. The van der Waals surface area contributed by atoms with E-state index in [1.54, 1.807) is 23.0 Å². The molecule has 1 aliphatic rings. The van der Waals surface area contributed by atoms with E-state index in [0.29, 0.717) is 32.0 Å². The number of hydrogen-bond donors (Lipinski definition) is 0. The lowest BCUT2D eigenvalue weighted by Gasteiger charge is -2.35. The molecule has 1 aliphatic heterocycles. The van der Waals surface area contributed by atoms with E-state index in [1.165, 1.54) is 35.2 Å². The van der Waals surface area contributed by atoms with E-state index in [0.717, 1.165) is 10.4 Å². The van der Waals surface area contributed by atoms with E-state index in [9.17, 15) is 14.4 Å². The Kier molecular flexibility index (Phi) is 4.95. The number of piperazine rings is 1. The lowest BCUT2D eigenvalue weighted by molar-refractivity contribution is -0.132. The van der Waals surface area contributed by atoms with E-state index < -0.39 is 11.2 Å². The van der Waals surface area contributed by atoms with Gasteiger partial charge in [0.15, 0.2) is 17.0 Å². The van der Waals surface area contributed by atoms with Crippen molar-refractivity contribution in [3.63, 3.8) is 0 Å². The average molecular weight is 451 g/mol. The average Bonchev–Trinajstić information content (AvgIpc) is 3.52. The van der Waals surface area contributed by atoms with Crippen molar-refractivity contribution in [2.75, 3.05) is 31.1 Å². The number of aromatic nitrogens is 9. The number of imidazole rings is 1. The summed E-state index contributed by atoms with van der Waals surface area (Å²) in [5, 5.41) is 4.08. The van der Waals surface area contributed by atoms with Gasteiger partial charge in [-0.1, -0.05) is 0 Å². The van der Waals surface area contributed by atoms with Crippen LogP contribution >= 0.6 is 0 Å². The molecule has 0 radical (unpaired) electrons.